The van der Waals surface area contributed by atoms with Crippen LogP contribution in [0.1, 0.15) is 11.1 Å². The molecule has 2 aromatic heterocycles. The summed E-state index contributed by atoms with van der Waals surface area (Å²) >= 11 is 1.84. The maximum atomic E-state index is 5.64. The molecule has 2 aliphatic rings. The Balaban J connectivity index is 1.01. The van der Waals surface area contributed by atoms with Crippen LogP contribution in [-0.4, -0.2) is 21.1 Å². The Morgan fingerprint density at radius 3 is 1.89 bits per heavy atom. The summed E-state index contributed by atoms with van der Waals surface area (Å²) < 4.78 is 4.82. The van der Waals surface area contributed by atoms with Gasteiger partial charge in [0.05, 0.1) is 33.8 Å². The third-order valence-corrected chi connectivity index (χ3v) is 14.8. The quantitative estimate of drug-likeness (QED) is 0.191. The molecule has 2 aliphatic heterocycles. The molecule has 0 fully saturated rings. The van der Waals surface area contributed by atoms with Gasteiger partial charge in [-0.1, -0.05) is 188 Å². The summed E-state index contributed by atoms with van der Waals surface area (Å²) in [6, 6.07) is 77.2. The number of aromatic nitrogens is 2. The van der Waals surface area contributed by atoms with E-state index in [1.807, 2.05) is 11.8 Å². The minimum atomic E-state index is -0.0622. The van der Waals surface area contributed by atoms with Gasteiger partial charge in [-0.05, 0) is 86.1 Å². The Bertz CT molecular complexity index is 4050. The normalized spacial score (nSPS) is 15.1. The number of aliphatic imine (C=N–C) groups is 1. The van der Waals surface area contributed by atoms with E-state index in [0.29, 0.717) is 0 Å². The second-order valence-electron chi connectivity index (χ2n) is 17.1. The predicted octanol–water partition coefficient (Wildman–Crippen LogP) is 15.4. The van der Waals surface area contributed by atoms with E-state index in [9.17, 15) is 0 Å². The van der Waals surface area contributed by atoms with Gasteiger partial charge in [-0.2, -0.15) is 0 Å². The topological polar surface area (TPSA) is 34.2 Å². The molecule has 14 rings (SSSR count). The first-order valence-corrected chi connectivity index (χ1v) is 23.1. The monoisotopic (exact) mass is 846 g/mol. The van der Waals surface area contributed by atoms with Gasteiger partial charge in [0.2, 0.25) is 5.96 Å². The van der Waals surface area contributed by atoms with Crippen LogP contribution in [0.4, 0.5) is 0 Å². The van der Waals surface area contributed by atoms with Gasteiger partial charge in [0.1, 0.15) is 0 Å². The van der Waals surface area contributed by atoms with Gasteiger partial charge in [0.25, 0.3) is 0 Å². The molecular weight excluding hydrogens is 809 g/mol. The van der Waals surface area contributed by atoms with Gasteiger partial charge in [0.15, 0.2) is 0 Å². The van der Waals surface area contributed by atoms with Gasteiger partial charge in [0, 0.05) is 48.0 Å². The largest absolute Gasteiger partial charge is 0.344 e. The summed E-state index contributed by atoms with van der Waals surface area (Å²) in [5.41, 5.74) is 11.5. The lowest BCUT2D eigenvalue weighted by Gasteiger charge is -2.25. The number of thioether (sulfide) groups is 1. The highest BCUT2D eigenvalue weighted by Crippen LogP contribution is 2.50. The Morgan fingerprint density at radius 1 is 0.431 bits per heavy atom. The molecule has 1 unspecified atom stereocenters. The molecule has 12 aromatic rings. The summed E-state index contributed by atoms with van der Waals surface area (Å²) in [4.78, 5) is 8.10. The second kappa shape index (κ2) is 14.2. The van der Waals surface area contributed by atoms with E-state index in [-0.39, 0.29) is 6.04 Å². The summed E-state index contributed by atoms with van der Waals surface area (Å²) in [6.07, 6.45) is 2.40. The molecule has 4 nitrogen and oxygen atoms in total. The zero-order valence-electron chi connectivity index (χ0n) is 35.1. The Hall–Kier alpha value is -8.12. The number of benzene rings is 10. The third kappa shape index (κ3) is 5.49. The van der Waals surface area contributed by atoms with E-state index >= 15 is 0 Å². The predicted molar refractivity (Wildman–Crippen MR) is 277 cm³/mol. The summed E-state index contributed by atoms with van der Waals surface area (Å²) in [5, 5.41) is 16.3. The average molecular weight is 847 g/mol. The first-order valence-electron chi connectivity index (χ1n) is 22.2. The van der Waals surface area contributed by atoms with Crippen molar-refractivity contribution in [2.75, 3.05) is 0 Å². The average Bonchev–Trinajstić information content (AvgIpc) is 4.07. The van der Waals surface area contributed by atoms with Crippen LogP contribution in [0.25, 0.3) is 103 Å². The highest BCUT2D eigenvalue weighted by atomic mass is 32.2. The van der Waals surface area contributed by atoms with E-state index in [0.717, 1.165) is 33.9 Å². The fourth-order valence-electron chi connectivity index (χ4n) is 10.7. The molecule has 4 heterocycles. The molecule has 0 saturated heterocycles. The van der Waals surface area contributed by atoms with Crippen molar-refractivity contribution in [2.45, 2.75) is 6.04 Å². The lowest BCUT2D eigenvalue weighted by atomic mass is 9.95. The summed E-state index contributed by atoms with van der Waals surface area (Å²) in [5.74, 6) is 0.817. The third-order valence-electron chi connectivity index (χ3n) is 13.5. The van der Waals surface area contributed by atoms with Crippen molar-refractivity contribution in [3.05, 3.63) is 234 Å². The highest BCUT2D eigenvalue weighted by molar-refractivity contribution is 8.12. The minimum Gasteiger partial charge on any atom is -0.344 e. The lowest BCUT2D eigenvalue weighted by molar-refractivity contribution is 0.835. The van der Waals surface area contributed by atoms with E-state index in [1.165, 1.54) is 91.4 Å². The van der Waals surface area contributed by atoms with E-state index in [1.54, 1.807) is 0 Å². The van der Waals surface area contributed by atoms with Crippen molar-refractivity contribution in [1.82, 2.24) is 14.5 Å². The van der Waals surface area contributed by atoms with Crippen molar-refractivity contribution in [3.63, 3.8) is 0 Å². The number of hydrogen-bond donors (Lipinski definition) is 1. The Labute approximate surface area is 379 Å². The van der Waals surface area contributed by atoms with E-state index < -0.39 is 0 Å². The number of hydrogen-bond acceptors (Lipinski definition) is 3. The van der Waals surface area contributed by atoms with Gasteiger partial charge < -0.3 is 9.88 Å². The fraction of sp³-hybridized carbons (Fsp3) is 0.0167. The van der Waals surface area contributed by atoms with Gasteiger partial charge in [-0.25, -0.2) is 4.99 Å². The molecule has 304 valence electrons. The Kier molecular flexibility index (Phi) is 7.94. The lowest BCUT2D eigenvalue weighted by Crippen LogP contribution is -2.40. The van der Waals surface area contributed by atoms with Crippen LogP contribution in [-0.2, 0) is 0 Å². The van der Waals surface area contributed by atoms with Crippen LogP contribution in [0.5, 0.6) is 0 Å². The van der Waals surface area contributed by atoms with Crippen LogP contribution in [0.3, 0.4) is 0 Å². The van der Waals surface area contributed by atoms with Crippen molar-refractivity contribution in [2.24, 2.45) is 4.99 Å². The highest BCUT2D eigenvalue weighted by Gasteiger charge is 2.33. The van der Waals surface area contributed by atoms with Gasteiger partial charge in [-0.3, -0.25) is 4.57 Å². The van der Waals surface area contributed by atoms with Crippen LogP contribution in [0.15, 0.2) is 228 Å². The SMILES string of the molecule is C1=C(c2cccc3ccccc23)SC2=C(c3ccccc3)N=C(n3c4ccc(-c5cccc6c5c5c7ccccc7ccc5n6-c5ccccc5)cc4c4ccc5ccccc5c43)NC12. The Morgan fingerprint density at radius 2 is 1.06 bits per heavy atom. The molecule has 65 heavy (non-hydrogen) atoms. The number of fused-ring (bicyclic) bond motifs is 12. The molecule has 1 atom stereocenters. The number of rotatable bonds is 4. The molecule has 5 heteroatoms. The summed E-state index contributed by atoms with van der Waals surface area (Å²) in [6.45, 7) is 0. The first kappa shape index (κ1) is 36.4. The molecule has 10 aromatic carbocycles. The second-order valence-corrected chi connectivity index (χ2v) is 18.2. The summed E-state index contributed by atoms with van der Waals surface area (Å²) in [7, 11) is 0. The van der Waals surface area contributed by atoms with Crippen LogP contribution in [0, 0.1) is 0 Å². The molecule has 0 spiro atoms. The van der Waals surface area contributed by atoms with E-state index in [4.69, 9.17) is 4.99 Å². The maximum Gasteiger partial charge on any atom is 0.209 e. The minimum absolute atomic E-state index is 0.0622. The molecule has 0 bridgehead atoms. The fourth-order valence-corrected chi connectivity index (χ4v) is 11.9. The van der Waals surface area contributed by atoms with Crippen molar-refractivity contribution in [3.8, 4) is 16.8 Å². The maximum absolute atomic E-state index is 5.64. The van der Waals surface area contributed by atoms with Crippen LogP contribution < -0.4 is 5.32 Å². The van der Waals surface area contributed by atoms with Crippen molar-refractivity contribution in [1.29, 1.82) is 0 Å². The molecule has 0 saturated carbocycles. The van der Waals surface area contributed by atoms with Crippen molar-refractivity contribution >= 4 is 104 Å². The molecule has 0 amide bonds. The molecule has 1 N–H and O–H groups in total. The van der Waals surface area contributed by atoms with Crippen LogP contribution in [0.2, 0.25) is 0 Å². The smallest absolute Gasteiger partial charge is 0.209 e. The number of nitrogens with one attached hydrogen (secondary N) is 1. The molecule has 0 aliphatic carbocycles. The van der Waals surface area contributed by atoms with Gasteiger partial charge >= 0.3 is 0 Å². The van der Waals surface area contributed by atoms with E-state index in [2.05, 4.69) is 233 Å². The van der Waals surface area contributed by atoms with Gasteiger partial charge in [-0.15, -0.1) is 0 Å². The molecule has 0 radical (unpaired) electrons. The zero-order valence-corrected chi connectivity index (χ0v) is 35.9. The standard InChI is InChI=1S/C60H38N4S/c1-3-18-40(19-4-1)57-59-50(36-54(65-59)47-27-13-20-37-15-7-10-23-43(37)47)61-60(62-57)64-51-33-31-41(35-49(51)48-32-29-39-17-9-12-25-46(39)58(48)64)45-26-14-28-52-56(45)55-44-24-11-8-16-38(44)30-34-53(55)63(52)42-21-5-2-6-22-42/h1-36,50H,(H,61,62). The van der Waals surface area contributed by atoms with Crippen LogP contribution >= 0.6 is 11.8 Å². The van der Waals surface area contributed by atoms with Crippen molar-refractivity contribution < 1.29 is 0 Å². The number of para-hydroxylation sites is 1. The number of nitrogens with zero attached hydrogens (tertiary/aromatic N) is 3. The zero-order chi connectivity index (χ0) is 42.6. The molecular formula is C60H38N4S. The first-order chi connectivity index (χ1) is 32.2.